The van der Waals surface area contributed by atoms with Gasteiger partial charge in [0.2, 0.25) is 0 Å². The van der Waals surface area contributed by atoms with Crippen molar-refractivity contribution < 1.29 is 13.6 Å². The van der Waals surface area contributed by atoms with Crippen molar-refractivity contribution in [1.29, 1.82) is 0 Å². The molecule has 0 radical (unpaired) electrons. The summed E-state index contributed by atoms with van der Waals surface area (Å²) < 4.78 is 25.7. The van der Waals surface area contributed by atoms with Gasteiger partial charge in [-0.05, 0) is 35.2 Å². The van der Waals surface area contributed by atoms with E-state index in [1.165, 1.54) is 11.6 Å². The monoisotopic (exact) mass is 275 g/mol. The molecule has 0 saturated heterocycles. The van der Waals surface area contributed by atoms with Crippen molar-refractivity contribution in [3.05, 3.63) is 70.8 Å². The molecule has 20 heavy (non-hydrogen) atoms. The van der Waals surface area contributed by atoms with Crippen LogP contribution in [0.2, 0.25) is 0 Å². The summed E-state index contributed by atoms with van der Waals surface area (Å²) in [4.78, 5) is 5.10. The van der Waals surface area contributed by atoms with E-state index < -0.39 is 11.6 Å². The van der Waals surface area contributed by atoms with Crippen LogP contribution in [0.4, 0.5) is 8.78 Å². The summed E-state index contributed by atoms with van der Waals surface area (Å²) in [5.41, 5.74) is 2.69. The molecule has 4 heteroatoms. The molecule has 0 aliphatic heterocycles. The molecule has 0 N–H and O–H groups in total. The summed E-state index contributed by atoms with van der Waals surface area (Å²) in [7, 11) is 0. The Balaban J connectivity index is 1.95. The van der Waals surface area contributed by atoms with E-state index in [0.29, 0.717) is 5.56 Å². The summed E-state index contributed by atoms with van der Waals surface area (Å²) in [5.74, 6) is -1.75. The number of rotatable bonds is 5. The molecule has 0 spiro atoms. The third-order valence-electron chi connectivity index (χ3n) is 2.92. The SMILES string of the molecule is CCc1ccccc1C=NOCc1ccc(F)c(F)c1. The Morgan fingerprint density at radius 1 is 1.10 bits per heavy atom. The Hall–Kier alpha value is -2.23. The summed E-state index contributed by atoms with van der Waals surface area (Å²) in [5, 5.41) is 3.86. The highest BCUT2D eigenvalue weighted by Gasteiger charge is 2.02. The lowest BCUT2D eigenvalue weighted by atomic mass is 10.1. The fraction of sp³-hybridized carbons (Fsp3) is 0.188. The van der Waals surface area contributed by atoms with Crippen LogP contribution in [0.5, 0.6) is 0 Å². The van der Waals surface area contributed by atoms with Gasteiger partial charge in [-0.1, -0.05) is 42.4 Å². The third kappa shape index (κ3) is 3.63. The molecule has 0 amide bonds. The molecule has 2 rings (SSSR count). The Kier molecular flexibility index (Phi) is 4.82. The Morgan fingerprint density at radius 3 is 2.65 bits per heavy atom. The Bertz CT molecular complexity index is 611. The average molecular weight is 275 g/mol. The van der Waals surface area contributed by atoms with Gasteiger partial charge in [-0.25, -0.2) is 8.78 Å². The molecule has 104 valence electrons. The molecule has 2 aromatic carbocycles. The van der Waals surface area contributed by atoms with E-state index in [2.05, 4.69) is 12.1 Å². The van der Waals surface area contributed by atoms with Crippen LogP contribution >= 0.6 is 0 Å². The minimum atomic E-state index is -0.883. The number of hydrogen-bond donors (Lipinski definition) is 0. The summed E-state index contributed by atoms with van der Waals surface area (Å²) in [6, 6.07) is 11.5. The fourth-order valence-electron chi connectivity index (χ4n) is 1.82. The highest BCUT2D eigenvalue weighted by Crippen LogP contribution is 2.10. The maximum absolute atomic E-state index is 13.0. The predicted octanol–water partition coefficient (Wildman–Crippen LogP) is 4.08. The van der Waals surface area contributed by atoms with Gasteiger partial charge in [-0.15, -0.1) is 0 Å². The lowest BCUT2D eigenvalue weighted by Gasteiger charge is -2.02. The van der Waals surface area contributed by atoms with E-state index in [9.17, 15) is 8.78 Å². The van der Waals surface area contributed by atoms with Gasteiger partial charge >= 0.3 is 0 Å². The van der Waals surface area contributed by atoms with Crippen LogP contribution in [0.25, 0.3) is 0 Å². The van der Waals surface area contributed by atoms with Gasteiger partial charge in [0.15, 0.2) is 11.6 Å². The van der Waals surface area contributed by atoms with Gasteiger partial charge in [-0.2, -0.15) is 0 Å². The van der Waals surface area contributed by atoms with Crippen LogP contribution in [0.1, 0.15) is 23.6 Å². The fourth-order valence-corrected chi connectivity index (χ4v) is 1.82. The van der Waals surface area contributed by atoms with Crippen molar-refractivity contribution in [3.63, 3.8) is 0 Å². The maximum atomic E-state index is 13.0. The molecule has 0 heterocycles. The molecular weight excluding hydrogens is 260 g/mol. The van der Waals surface area contributed by atoms with Crippen molar-refractivity contribution in [2.45, 2.75) is 20.0 Å². The van der Waals surface area contributed by atoms with Gasteiger partial charge in [0, 0.05) is 0 Å². The van der Waals surface area contributed by atoms with Gasteiger partial charge in [0.25, 0.3) is 0 Å². The van der Waals surface area contributed by atoms with Crippen LogP contribution in [0, 0.1) is 11.6 Å². The standard InChI is InChI=1S/C16H15F2NO/c1-2-13-5-3-4-6-14(13)10-19-20-11-12-7-8-15(17)16(18)9-12/h3-10H,2,11H2,1H3. The predicted molar refractivity (Wildman–Crippen MR) is 74.6 cm³/mol. The molecule has 0 bridgehead atoms. The highest BCUT2D eigenvalue weighted by molar-refractivity contribution is 5.81. The Labute approximate surface area is 116 Å². The van der Waals surface area contributed by atoms with E-state index in [-0.39, 0.29) is 6.61 Å². The minimum Gasteiger partial charge on any atom is -0.391 e. The topological polar surface area (TPSA) is 21.6 Å². The summed E-state index contributed by atoms with van der Waals surface area (Å²) in [6.45, 7) is 2.16. The molecule has 0 aliphatic rings. The van der Waals surface area contributed by atoms with E-state index in [1.54, 1.807) is 6.21 Å². The number of halogens is 2. The van der Waals surface area contributed by atoms with Gasteiger partial charge in [0.1, 0.15) is 6.61 Å². The molecule has 0 fully saturated rings. The largest absolute Gasteiger partial charge is 0.391 e. The summed E-state index contributed by atoms with van der Waals surface area (Å²) >= 11 is 0. The number of benzene rings is 2. The molecular formula is C16H15F2NO. The molecule has 0 aliphatic carbocycles. The van der Waals surface area contributed by atoms with E-state index in [4.69, 9.17) is 4.84 Å². The van der Waals surface area contributed by atoms with Gasteiger partial charge in [-0.3, -0.25) is 0 Å². The normalized spacial score (nSPS) is 10.9. The van der Waals surface area contributed by atoms with Crippen LogP contribution in [-0.4, -0.2) is 6.21 Å². The number of aryl methyl sites for hydroxylation is 1. The van der Waals surface area contributed by atoms with Crippen LogP contribution < -0.4 is 0 Å². The van der Waals surface area contributed by atoms with Crippen LogP contribution in [-0.2, 0) is 17.9 Å². The zero-order valence-corrected chi connectivity index (χ0v) is 11.1. The van der Waals surface area contributed by atoms with E-state index >= 15 is 0 Å². The quantitative estimate of drug-likeness (QED) is 0.595. The minimum absolute atomic E-state index is 0.0992. The molecule has 0 unspecified atom stereocenters. The zero-order valence-electron chi connectivity index (χ0n) is 11.1. The Morgan fingerprint density at radius 2 is 1.90 bits per heavy atom. The van der Waals surface area contributed by atoms with Crippen LogP contribution in [0.3, 0.4) is 0 Å². The van der Waals surface area contributed by atoms with Gasteiger partial charge in [0.05, 0.1) is 6.21 Å². The highest BCUT2D eigenvalue weighted by atomic mass is 19.2. The number of hydrogen-bond acceptors (Lipinski definition) is 2. The second-order valence-corrected chi connectivity index (χ2v) is 4.31. The molecule has 2 nitrogen and oxygen atoms in total. The number of nitrogens with zero attached hydrogens (tertiary/aromatic N) is 1. The van der Waals surface area contributed by atoms with Crippen molar-refractivity contribution in [2.24, 2.45) is 5.16 Å². The first kappa shape index (κ1) is 14.2. The first-order valence-corrected chi connectivity index (χ1v) is 6.38. The maximum Gasteiger partial charge on any atom is 0.159 e. The van der Waals surface area contributed by atoms with Crippen molar-refractivity contribution >= 4 is 6.21 Å². The zero-order chi connectivity index (χ0) is 14.4. The smallest absolute Gasteiger partial charge is 0.159 e. The van der Waals surface area contributed by atoms with Crippen LogP contribution in [0.15, 0.2) is 47.6 Å². The molecule has 0 aromatic heterocycles. The first-order valence-electron chi connectivity index (χ1n) is 6.38. The average Bonchev–Trinajstić information content (AvgIpc) is 2.47. The van der Waals surface area contributed by atoms with E-state index in [0.717, 1.165) is 24.1 Å². The summed E-state index contributed by atoms with van der Waals surface area (Å²) in [6.07, 6.45) is 2.53. The molecule has 0 atom stereocenters. The molecule has 0 saturated carbocycles. The first-order chi connectivity index (χ1) is 9.70. The lowest BCUT2D eigenvalue weighted by molar-refractivity contribution is 0.132. The molecule has 2 aromatic rings. The van der Waals surface area contributed by atoms with Crippen molar-refractivity contribution in [1.82, 2.24) is 0 Å². The lowest BCUT2D eigenvalue weighted by Crippen LogP contribution is -1.93. The second-order valence-electron chi connectivity index (χ2n) is 4.31. The van der Waals surface area contributed by atoms with Crippen molar-refractivity contribution in [2.75, 3.05) is 0 Å². The van der Waals surface area contributed by atoms with Crippen molar-refractivity contribution in [3.8, 4) is 0 Å². The van der Waals surface area contributed by atoms with Gasteiger partial charge < -0.3 is 4.84 Å². The number of oxime groups is 1. The third-order valence-corrected chi connectivity index (χ3v) is 2.92. The van der Waals surface area contributed by atoms with E-state index in [1.807, 2.05) is 24.3 Å². The second kappa shape index (κ2) is 6.80.